The summed E-state index contributed by atoms with van der Waals surface area (Å²) in [4.78, 5) is 0. The van der Waals surface area contributed by atoms with Crippen LogP contribution in [0.2, 0.25) is 0 Å². The first kappa shape index (κ1) is 14.5. The molecule has 0 atom stereocenters. The van der Waals surface area contributed by atoms with Gasteiger partial charge >= 0.3 is 0 Å². The van der Waals surface area contributed by atoms with Gasteiger partial charge in [-0.25, -0.2) is 0 Å². The van der Waals surface area contributed by atoms with E-state index in [1.165, 1.54) is 27.8 Å². The lowest BCUT2D eigenvalue weighted by Gasteiger charge is -2.11. The molecule has 0 unspecified atom stereocenters. The molecule has 0 radical (unpaired) electrons. The van der Waals surface area contributed by atoms with Crippen LogP contribution in [0.3, 0.4) is 0 Å². The first-order valence-corrected chi connectivity index (χ1v) is 7.51. The van der Waals surface area contributed by atoms with Crippen molar-refractivity contribution in [3.8, 4) is 5.75 Å². The predicted octanol–water partition coefficient (Wildman–Crippen LogP) is 4.94. The molecule has 2 aromatic carbocycles. The van der Waals surface area contributed by atoms with Crippen LogP contribution in [0.4, 0.5) is 0 Å². The molecule has 0 saturated heterocycles. The number of ether oxygens (including phenoxy) is 2. The van der Waals surface area contributed by atoms with Crippen LogP contribution in [-0.4, -0.2) is 0 Å². The van der Waals surface area contributed by atoms with Gasteiger partial charge in [-0.1, -0.05) is 41.5 Å². The summed E-state index contributed by atoms with van der Waals surface area (Å²) in [5, 5.41) is 0. The molecule has 0 aliphatic carbocycles. The highest BCUT2D eigenvalue weighted by molar-refractivity contribution is 5.55. The quantitative estimate of drug-likeness (QED) is 0.684. The Labute approximate surface area is 131 Å². The van der Waals surface area contributed by atoms with E-state index in [0.29, 0.717) is 6.61 Å². The maximum Gasteiger partial charge on any atom is 0.130 e. The molecule has 0 N–H and O–H groups in total. The van der Waals surface area contributed by atoms with E-state index in [4.69, 9.17) is 9.47 Å². The van der Waals surface area contributed by atoms with E-state index < -0.39 is 0 Å². The van der Waals surface area contributed by atoms with Crippen LogP contribution in [0.15, 0.2) is 55.0 Å². The highest BCUT2D eigenvalue weighted by Gasteiger charge is 2.04. The summed E-state index contributed by atoms with van der Waals surface area (Å²) in [5.74, 6) is 0.998. The number of benzene rings is 2. The lowest BCUT2D eigenvalue weighted by Crippen LogP contribution is -1.95. The zero-order valence-corrected chi connectivity index (χ0v) is 13.0. The van der Waals surface area contributed by atoms with Crippen LogP contribution in [0, 0.1) is 13.8 Å². The summed E-state index contributed by atoms with van der Waals surface area (Å²) >= 11 is 0. The maximum atomic E-state index is 5.30. The summed E-state index contributed by atoms with van der Waals surface area (Å²) in [5.41, 5.74) is 6.44. The molecule has 2 nitrogen and oxygen atoms in total. The number of hydrogen-bond acceptors (Lipinski definition) is 2. The maximum absolute atomic E-state index is 5.30. The molecule has 0 fully saturated rings. The smallest absolute Gasteiger partial charge is 0.130 e. The van der Waals surface area contributed by atoms with Crippen molar-refractivity contribution in [1.82, 2.24) is 0 Å². The monoisotopic (exact) mass is 292 g/mol. The van der Waals surface area contributed by atoms with Gasteiger partial charge in [0.25, 0.3) is 0 Å². The minimum absolute atomic E-state index is 0.714. The number of fused-ring (bicyclic) bond motifs is 2. The van der Waals surface area contributed by atoms with Crippen molar-refractivity contribution in [2.75, 3.05) is 0 Å². The first-order valence-electron chi connectivity index (χ1n) is 7.51. The van der Waals surface area contributed by atoms with E-state index in [1.54, 1.807) is 12.5 Å². The lowest BCUT2D eigenvalue weighted by molar-refractivity contribution is 0.234. The second-order valence-electron chi connectivity index (χ2n) is 5.62. The van der Waals surface area contributed by atoms with E-state index in [-0.39, 0.29) is 0 Å². The molecular formula is C20H20O2. The molecule has 0 aromatic heterocycles. The van der Waals surface area contributed by atoms with Crippen LogP contribution in [0.25, 0.3) is 6.08 Å². The summed E-state index contributed by atoms with van der Waals surface area (Å²) in [6, 6.07) is 12.7. The van der Waals surface area contributed by atoms with Crippen LogP contribution in [0.1, 0.15) is 27.8 Å². The van der Waals surface area contributed by atoms with Crippen LogP contribution < -0.4 is 4.74 Å². The van der Waals surface area contributed by atoms with Gasteiger partial charge < -0.3 is 9.47 Å². The van der Waals surface area contributed by atoms with Crippen molar-refractivity contribution in [1.29, 1.82) is 0 Å². The Hall–Kier alpha value is -2.48. The number of aryl methyl sites for hydroxylation is 2. The van der Waals surface area contributed by atoms with E-state index >= 15 is 0 Å². The molecule has 0 bridgehead atoms. The van der Waals surface area contributed by atoms with Gasteiger partial charge in [-0.3, -0.25) is 0 Å². The standard InChI is InChI=1S/2C10H10O/c1-8-2-3-10-7-11-5-4-9(10)6-8;1-8-4-5-10-9(7-8)3-2-6-11-10/h2-6H,7H2,1H3;2,4-7H,3H2,1H3. The second kappa shape index (κ2) is 6.52. The highest BCUT2D eigenvalue weighted by atomic mass is 16.5. The Morgan fingerprint density at radius 3 is 2.59 bits per heavy atom. The number of allylic oxidation sites excluding steroid dienone is 1. The third-order valence-corrected chi connectivity index (χ3v) is 3.73. The fourth-order valence-corrected chi connectivity index (χ4v) is 2.54. The average molecular weight is 292 g/mol. The lowest BCUT2D eigenvalue weighted by atomic mass is 10.0. The third kappa shape index (κ3) is 3.40. The van der Waals surface area contributed by atoms with Crippen molar-refractivity contribution in [2.24, 2.45) is 0 Å². The largest absolute Gasteiger partial charge is 0.496 e. The SMILES string of the molecule is Cc1ccc2c(c1)C=COC2.Cc1ccc2c(c1)CC=CO2. The summed E-state index contributed by atoms with van der Waals surface area (Å²) in [7, 11) is 0. The van der Waals surface area contributed by atoms with E-state index in [9.17, 15) is 0 Å². The van der Waals surface area contributed by atoms with Crippen LogP contribution in [-0.2, 0) is 17.8 Å². The molecule has 2 heterocycles. The number of rotatable bonds is 0. The van der Waals surface area contributed by atoms with Gasteiger partial charge in [0.2, 0.25) is 0 Å². The Balaban J connectivity index is 0.000000131. The molecule has 0 saturated carbocycles. The topological polar surface area (TPSA) is 18.5 Å². The van der Waals surface area contributed by atoms with Gasteiger partial charge in [-0.05, 0) is 55.2 Å². The van der Waals surface area contributed by atoms with Gasteiger partial charge in [0.15, 0.2) is 0 Å². The molecule has 2 aromatic rings. The molecule has 22 heavy (non-hydrogen) atoms. The molecule has 2 aliphatic rings. The third-order valence-electron chi connectivity index (χ3n) is 3.73. The molecular weight excluding hydrogens is 272 g/mol. The fourth-order valence-electron chi connectivity index (χ4n) is 2.54. The van der Waals surface area contributed by atoms with Gasteiger partial charge in [-0.15, -0.1) is 0 Å². The van der Waals surface area contributed by atoms with Crippen LogP contribution >= 0.6 is 0 Å². The zero-order valence-electron chi connectivity index (χ0n) is 13.0. The van der Waals surface area contributed by atoms with Gasteiger partial charge in [0, 0.05) is 0 Å². The Morgan fingerprint density at radius 1 is 0.864 bits per heavy atom. The first-order chi connectivity index (χ1) is 10.7. The Kier molecular flexibility index (Phi) is 4.29. The van der Waals surface area contributed by atoms with Gasteiger partial charge in [0.05, 0.1) is 12.5 Å². The van der Waals surface area contributed by atoms with Gasteiger partial charge in [0.1, 0.15) is 12.4 Å². The molecule has 0 amide bonds. The minimum atomic E-state index is 0.714. The predicted molar refractivity (Wildman–Crippen MR) is 89.7 cm³/mol. The van der Waals surface area contributed by atoms with E-state index in [1.807, 2.05) is 18.2 Å². The molecule has 4 rings (SSSR count). The van der Waals surface area contributed by atoms with Crippen molar-refractivity contribution in [3.05, 3.63) is 82.8 Å². The number of hydrogen-bond donors (Lipinski definition) is 0. The second-order valence-corrected chi connectivity index (χ2v) is 5.62. The zero-order chi connectivity index (χ0) is 15.4. The minimum Gasteiger partial charge on any atom is -0.496 e. The van der Waals surface area contributed by atoms with Crippen molar-refractivity contribution < 1.29 is 9.47 Å². The molecule has 2 aliphatic heterocycles. The van der Waals surface area contributed by atoms with Crippen molar-refractivity contribution >= 4 is 6.08 Å². The van der Waals surface area contributed by atoms with Crippen LogP contribution in [0.5, 0.6) is 5.75 Å². The highest BCUT2D eigenvalue weighted by Crippen LogP contribution is 2.23. The summed E-state index contributed by atoms with van der Waals surface area (Å²) in [6.45, 7) is 4.91. The summed E-state index contributed by atoms with van der Waals surface area (Å²) < 4.78 is 10.5. The fraction of sp³-hybridized carbons (Fsp3) is 0.200. The average Bonchev–Trinajstić information content (AvgIpc) is 2.55. The van der Waals surface area contributed by atoms with E-state index in [0.717, 1.165) is 12.2 Å². The normalized spacial score (nSPS) is 13.9. The summed E-state index contributed by atoms with van der Waals surface area (Å²) in [6.07, 6.45) is 8.53. The van der Waals surface area contributed by atoms with Gasteiger partial charge in [-0.2, -0.15) is 0 Å². The Morgan fingerprint density at radius 2 is 1.68 bits per heavy atom. The molecule has 2 heteroatoms. The van der Waals surface area contributed by atoms with Crippen molar-refractivity contribution in [2.45, 2.75) is 26.9 Å². The molecule has 112 valence electrons. The van der Waals surface area contributed by atoms with Crippen molar-refractivity contribution in [3.63, 3.8) is 0 Å². The van der Waals surface area contributed by atoms with E-state index in [2.05, 4.69) is 44.2 Å². The molecule has 0 spiro atoms. The Bertz CT molecular complexity index is 726.